The normalized spacial score (nSPS) is 25.2. The van der Waals surface area contributed by atoms with Gasteiger partial charge in [0.25, 0.3) is 0 Å². The first-order valence-corrected chi connectivity index (χ1v) is 6.26. The minimum atomic E-state index is -2.68. The molecule has 0 bridgehead atoms. The number of halogens is 1. The number of rotatable bonds is 2. The number of sulfone groups is 1. The molecule has 0 atom stereocenters. The molecule has 0 spiro atoms. The Hall–Kier alpha value is 0.240. The fraction of sp³-hybridized carbons (Fsp3) is 1.00. The molecule has 1 rings (SSSR count). The van der Waals surface area contributed by atoms with Crippen molar-refractivity contribution < 1.29 is 8.42 Å². The van der Waals surface area contributed by atoms with E-state index in [-0.39, 0.29) is 0 Å². The first-order chi connectivity index (χ1) is 5.14. The summed E-state index contributed by atoms with van der Waals surface area (Å²) in [6.07, 6.45) is 2.60. The average molecular weight is 197 g/mol. The molecule has 0 aromatic rings. The molecule has 1 saturated heterocycles. The summed E-state index contributed by atoms with van der Waals surface area (Å²) in [4.78, 5) is 0. The predicted octanol–water partition coefficient (Wildman–Crippen LogP) is 1.44. The minimum absolute atomic E-state index is 0.370. The van der Waals surface area contributed by atoms with E-state index in [0.717, 1.165) is 19.3 Å². The van der Waals surface area contributed by atoms with Gasteiger partial charge in [-0.05, 0) is 25.2 Å². The van der Waals surface area contributed by atoms with Gasteiger partial charge in [-0.25, -0.2) is 8.42 Å². The van der Waals surface area contributed by atoms with Gasteiger partial charge in [-0.15, -0.1) is 11.6 Å². The third kappa shape index (κ3) is 2.99. The molecule has 0 saturated carbocycles. The maximum absolute atomic E-state index is 11.0. The SMILES string of the molecule is O=S1(=O)CCC(CCCl)CC1. The van der Waals surface area contributed by atoms with Crippen molar-refractivity contribution in [1.82, 2.24) is 0 Å². The molecule has 0 unspecified atom stereocenters. The molecule has 0 amide bonds. The molecule has 0 N–H and O–H groups in total. The molecular weight excluding hydrogens is 184 g/mol. The Balaban J connectivity index is 2.36. The fourth-order valence-electron chi connectivity index (χ4n) is 1.38. The predicted molar refractivity (Wildman–Crippen MR) is 46.7 cm³/mol. The molecule has 1 aliphatic rings. The third-order valence-electron chi connectivity index (χ3n) is 2.19. The summed E-state index contributed by atoms with van der Waals surface area (Å²) in [5, 5.41) is 0. The Labute approximate surface area is 72.9 Å². The van der Waals surface area contributed by atoms with Crippen LogP contribution in [0.4, 0.5) is 0 Å². The van der Waals surface area contributed by atoms with Crippen molar-refractivity contribution in [2.45, 2.75) is 19.3 Å². The van der Waals surface area contributed by atoms with Gasteiger partial charge in [0.1, 0.15) is 9.84 Å². The van der Waals surface area contributed by atoms with Gasteiger partial charge in [-0.2, -0.15) is 0 Å². The summed E-state index contributed by atoms with van der Waals surface area (Å²) < 4.78 is 21.9. The minimum Gasteiger partial charge on any atom is -0.229 e. The molecule has 0 aromatic heterocycles. The van der Waals surface area contributed by atoms with Crippen molar-refractivity contribution in [3.63, 3.8) is 0 Å². The molecular formula is C7H13ClO2S. The molecule has 4 heteroatoms. The quantitative estimate of drug-likeness (QED) is 0.627. The Morgan fingerprint density at radius 2 is 1.82 bits per heavy atom. The van der Waals surface area contributed by atoms with Crippen molar-refractivity contribution in [1.29, 1.82) is 0 Å². The van der Waals surface area contributed by atoms with Crippen LogP contribution in [0.3, 0.4) is 0 Å². The van der Waals surface area contributed by atoms with Gasteiger partial charge >= 0.3 is 0 Å². The monoisotopic (exact) mass is 196 g/mol. The van der Waals surface area contributed by atoms with E-state index >= 15 is 0 Å². The largest absolute Gasteiger partial charge is 0.229 e. The lowest BCUT2D eigenvalue weighted by Crippen LogP contribution is -2.23. The summed E-state index contributed by atoms with van der Waals surface area (Å²) in [5.74, 6) is 1.95. The summed E-state index contributed by atoms with van der Waals surface area (Å²) >= 11 is 5.56. The molecule has 0 aromatic carbocycles. The molecule has 1 aliphatic heterocycles. The zero-order chi connectivity index (χ0) is 8.32. The molecule has 66 valence electrons. The van der Waals surface area contributed by atoms with Crippen molar-refractivity contribution in [3.05, 3.63) is 0 Å². The Morgan fingerprint density at radius 3 is 2.27 bits per heavy atom. The van der Waals surface area contributed by atoms with Crippen LogP contribution in [0.1, 0.15) is 19.3 Å². The Bertz CT molecular complexity index is 196. The van der Waals surface area contributed by atoms with E-state index in [2.05, 4.69) is 0 Å². The highest BCUT2D eigenvalue weighted by molar-refractivity contribution is 7.91. The highest BCUT2D eigenvalue weighted by Crippen LogP contribution is 2.21. The zero-order valence-electron chi connectivity index (χ0n) is 6.42. The van der Waals surface area contributed by atoms with Crippen LogP contribution in [0.5, 0.6) is 0 Å². The van der Waals surface area contributed by atoms with Crippen molar-refractivity contribution in [2.24, 2.45) is 5.92 Å². The molecule has 0 radical (unpaired) electrons. The topological polar surface area (TPSA) is 34.1 Å². The smallest absolute Gasteiger partial charge is 0.150 e. The molecule has 0 aliphatic carbocycles. The lowest BCUT2D eigenvalue weighted by molar-refractivity contribution is 0.455. The molecule has 1 fully saturated rings. The van der Waals surface area contributed by atoms with E-state index in [9.17, 15) is 8.42 Å². The summed E-state index contributed by atoms with van der Waals surface area (Å²) in [5.41, 5.74) is 0. The van der Waals surface area contributed by atoms with E-state index in [1.807, 2.05) is 0 Å². The second kappa shape index (κ2) is 3.76. The lowest BCUT2D eigenvalue weighted by Gasteiger charge is -2.20. The van der Waals surface area contributed by atoms with Gasteiger partial charge in [-0.3, -0.25) is 0 Å². The van der Waals surface area contributed by atoms with Crippen LogP contribution in [-0.2, 0) is 9.84 Å². The highest BCUT2D eigenvalue weighted by atomic mass is 35.5. The Kier molecular flexibility index (Phi) is 3.19. The van der Waals surface area contributed by atoms with E-state index in [1.54, 1.807) is 0 Å². The van der Waals surface area contributed by atoms with E-state index in [1.165, 1.54) is 0 Å². The third-order valence-corrected chi connectivity index (χ3v) is 4.13. The summed E-state index contributed by atoms with van der Waals surface area (Å²) in [7, 11) is -2.68. The molecule has 11 heavy (non-hydrogen) atoms. The van der Waals surface area contributed by atoms with Crippen molar-refractivity contribution in [2.75, 3.05) is 17.4 Å². The van der Waals surface area contributed by atoms with Gasteiger partial charge in [0.2, 0.25) is 0 Å². The van der Waals surface area contributed by atoms with Gasteiger partial charge < -0.3 is 0 Å². The lowest BCUT2D eigenvalue weighted by atomic mass is 10.0. The van der Waals surface area contributed by atoms with Crippen LogP contribution >= 0.6 is 11.6 Å². The highest BCUT2D eigenvalue weighted by Gasteiger charge is 2.22. The van der Waals surface area contributed by atoms with E-state index in [4.69, 9.17) is 11.6 Å². The van der Waals surface area contributed by atoms with Crippen LogP contribution in [0, 0.1) is 5.92 Å². The van der Waals surface area contributed by atoms with E-state index < -0.39 is 9.84 Å². The molecule has 2 nitrogen and oxygen atoms in total. The van der Waals surface area contributed by atoms with Crippen LogP contribution in [-0.4, -0.2) is 25.8 Å². The first kappa shape index (κ1) is 9.33. The maximum atomic E-state index is 11.0. The van der Waals surface area contributed by atoms with Crippen molar-refractivity contribution >= 4 is 21.4 Å². The average Bonchev–Trinajstić information content (AvgIpc) is 1.94. The Morgan fingerprint density at radius 1 is 1.27 bits per heavy atom. The summed E-state index contributed by atoms with van der Waals surface area (Å²) in [6.45, 7) is 0. The fourth-order valence-corrected chi connectivity index (χ4v) is 3.28. The summed E-state index contributed by atoms with van der Waals surface area (Å²) in [6, 6.07) is 0. The first-order valence-electron chi connectivity index (χ1n) is 3.90. The number of hydrogen-bond acceptors (Lipinski definition) is 2. The maximum Gasteiger partial charge on any atom is 0.150 e. The molecule has 1 heterocycles. The van der Waals surface area contributed by atoms with Crippen LogP contribution in [0.25, 0.3) is 0 Å². The van der Waals surface area contributed by atoms with E-state index in [0.29, 0.717) is 23.3 Å². The van der Waals surface area contributed by atoms with Gasteiger partial charge in [0.15, 0.2) is 0 Å². The van der Waals surface area contributed by atoms with Gasteiger partial charge in [-0.1, -0.05) is 0 Å². The van der Waals surface area contributed by atoms with Gasteiger partial charge in [0.05, 0.1) is 11.5 Å². The van der Waals surface area contributed by atoms with Crippen LogP contribution in [0.15, 0.2) is 0 Å². The second-order valence-corrected chi connectivity index (χ2v) is 5.75. The second-order valence-electron chi connectivity index (χ2n) is 3.07. The number of hydrogen-bond donors (Lipinski definition) is 0. The zero-order valence-corrected chi connectivity index (χ0v) is 8.00. The van der Waals surface area contributed by atoms with Crippen molar-refractivity contribution in [3.8, 4) is 0 Å². The number of alkyl halides is 1. The standard InChI is InChI=1S/C7H13ClO2S/c8-4-1-7-2-5-11(9,10)6-3-7/h7H,1-6H2. The van der Waals surface area contributed by atoms with Crippen LogP contribution in [0.2, 0.25) is 0 Å². The van der Waals surface area contributed by atoms with Crippen LogP contribution < -0.4 is 0 Å². The van der Waals surface area contributed by atoms with Gasteiger partial charge in [0, 0.05) is 5.88 Å².